The minimum Gasteiger partial charge on any atom is -0.377 e. The van der Waals surface area contributed by atoms with Gasteiger partial charge in [0.25, 0.3) is 0 Å². The third-order valence-corrected chi connectivity index (χ3v) is 3.92. The number of nitrogens with zero attached hydrogens (tertiary/aromatic N) is 1. The largest absolute Gasteiger partial charge is 0.377 e. The van der Waals surface area contributed by atoms with Crippen molar-refractivity contribution in [3.05, 3.63) is 0 Å². The minimum absolute atomic E-state index is 0.382. The van der Waals surface area contributed by atoms with Crippen LogP contribution in [0, 0.1) is 17.8 Å². The van der Waals surface area contributed by atoms with E-state index in [1.165, 1.54) is 25.9 Å². The summed E-state index contributed by atoms with van der Waals surface area (Å²) in [5, 5.41) is 0. The summed E-state index contributed by atoms with van der Waals surface area (Å²) in [7, 11) is 0. The molecule has 0 aromatic carbocycles. The number of likely N-dealkylation sites (tertiary alicyclic amines) is 1. The zero-order valence-electron chi connectivity index (χ0n) is 10.4. The third kappa shape index (κ3) is 2.94. The van der Waals surface area contributed by atoms with Gasteiger partial charge >= 0.3 is 0 Å². The summed E-state index contributed by atoms with van der Waals surface area (Å²) < 4.78 is 5.61. The molecule has 0 radical (unpaired) electrons. The second kappa shape index (κ2) is 4.84. The Labute approximate surface area is 94.0 Å². The zero-order valence-corrected chi connectivity index (χ0v) is 10.4. The Morgan fingerprint density at radius 2 is 1.80 bits per heavy atom. The fourth-order valence-electron chi connectivity index (χ4n) is 3.30. The summed E-state index contributed by atoms with van der Waals surface area (Å²) in [6, 6.07) is 0. The second-order valence-electron chi connectivity index (χ2n) is 5.78. The van der Waals surface area contributed by atoms with Gasteiger partial charge < -0.3 is 9.64 Å². The highest BCUT2D eigenvalue weighted by molar-refractivity contribution is 4.90. The topological polar surface area (TPSA) is 12.5 Å². The standard InChI is InChI=1S/C13H25NO/c1-10(2)15-5-4-14-8-12-6-11(3)7-13(12)9-14/h10-13H,4-9H2,1-3H3/t11-,12-,13+. The first-order valence-corrected chi connectivity index (χ1v) is 6.49. The lowest BCUT2D eigenvalue weighted by molar-refractivity contribution is 0.0619. The monoisotopic (exact) mass is 211 g/mol. The fourth-order valence-corrected chi connectivity index (χ4v) is 3.30. The van der Waals surface area contributed by atoms with Gasteiger partial charge in [-0.2, -0.15) is 0 Å². The summed E-state index contributed by atoms with van der Waals surface area (Å²) in [4.78, 5) is 2.60. The first kappa shape index (κ1) is 11.4. The van der Waals surface area contributed by atoms with E-state index < -0.39 is 0 Å². The van der Waals surface area contributed by atoms with Crippen LogP contribution in [0.4, 0.5) is 0 Å². The van der Waals surface area contributed by atoms with Crippen molar-refractivity contribution in [2.24, 2.45) is 17.8 Å². The van der Waals surface area contributed by atoms with E-state index in [0.717, 1.165) is 30.9 Å². The SMILES string of the molecule is CC(C)OCCN1C[C@H]2C[C@@H](C)C[C@H]2C1. The summed E-state index contributed by atoms with van der Waals surface area (Å²) >= 11 is 0. The normalized spacial score (nSPS) is 36.4. The number of hydrogen-bond acceptors (Lipinski definition) is 2. The molecule has 1 saturated heterocycles. The van der Waals surface area contributed by atoms with Gasteiger partial charge in [0.2, 0.25) is 0 Å². The lowest BCUT2D eigenvalue weighted by atomic mass is 10.0. The van der Waals surface area contributed by atoms with Crippen LogP contribution in [0.3, 0.4) is 0 Å². The molecule has 2 heteroatoms. The lowest BCUT2D eigenvalue weighted by Gasteiger charge is -2.18. The molecule has 2 aliphatic rings. The van der Waals surface area contributed by atoms with Gasteiger partial charge in [-0.25, -0.2) is 0 Å². The van der Waals surface area contributed by atoms with E-state index in [1.54, 1.807) is 0 Å². The Morgan fingerprint density at radius 1 is 1.20 bits per heavy atom. The van der Waals surface area contributed by atoms with Crippen LogP contribution < -0.4 is 0 Å². The summed E-state index contributed by atoms with van der Waals surface area (Å²) in [5.74, 6) is 2.98. The average molecular weight is 211 g/mol. The van der Waals surface area contributed by atoms with Crippen LogP contribution in [0.2, 0.25) is 0 Å². The molecule has 1 aliphatic carbocycles. The van der Waals surface area contributed by atoms with E-state index in [2.05, 4.69) is 25.7 Å². The zero-order chi connectivity index (χ0) is 10.8. The molecular weight excluding hydrogens is 186 g/mol. The van der Waals surface area contributed by atoms with Gasteiger partial charge in [0.15, 0.2) is 0 Å². The fraction of sp³-hybridized carbons (Fsp3) is 1.00. The van der Waals surface area contributed by atoms with Gasteiger partial charge in [0.05, 0.1) is 12.7 Å². The maximum atomic E-state index is 5.61. The number of ether oxygens (including phenoxy) is 1. The molecular formula is C13H25NO. The maximum absolute atomic E-state index is 5.61. The van der Waals surface area contributed by atoms with E-state index in [4.69, 9.17) is 4.74 Å². The molecule has 0 aromatic rings. The van der Waals surface area contributed by atoms with Crippen molar-refractivity contribution in [3.8, 4) is 0 Å². The molecule has 0 amide bonds. The van der Waals surface area contributed by atoms with Crippen molar-refractivity contribution >= 4 is 0 Å². The average Bonchev–Trinajstić information content (AvgIpc) is 2.60. The van der Waals surface area contributed by atoms with Gasteiger partial charge in [-0.05, 0) is 44.4 Å². The molecule has 2 fully saturated rings. The number of hydrogen-bond donors (Lipinski definition) is 0. The summed E-state index contributed by atoms with van der Waals surface area (Å²) in [6.07, 6.45) is 3.31. The molecule has 1 aliphatic heterocycles. The molecule has 0 aromatic heterocycles. The van der Waals surface area contributed by atoms with E-state index in [0.29, 0.717) is 6.10 Å². The molecule has 2 rings (SSSR count). The van der Waals surface area contributed by atoms with Crippen LogP contribution in [0.5, 0.6) is 0 Å². The van der Waals surface area contributed by atoms with Gasteiger partial charge in [-0.3, -0.25) is 0 Å². The highest BCUT2D eigenvalue weighted by atomic mass is 16.5. The first-order valence-electron chi connectivity index (χ1n) is 6.49. The quantitative estimate of drug-likeness (QED) is 0.708. The first-order chi connectivity index (χ1) is 7.15. The molecule has 0 spiro atoms. The Kier molecular flexibility index (Phi) is 3.68. The Morgan fingerprint density at radius 3 is 2.33 bits per heavy atom. The molecule has 0 N–H and O–H groups in total. The Hall–Kier alpha value is -0.0800. The number of fused-ring (bicyclic) bond motifs is 1. The van der Waals surface area contributed by atoms with Crippen LogP contribution in [0.1, 0.15) is 33.6 Å². The van der Waals surface area contributed by atoms with Gasteiger partial charge in [0.1, 0.15) is 0 Å². The molecule has 0 bridgehead atoms. The van der Waals surface area contributed by atoms with Crippen molar-refractivity contribution in [3.63, 3.8) is 0 Å². The molecule has 1 heterocycles. The van der Waals surface area contributed by atoms with E-state index in [1.807, 2.05) is 0 Å². The predicted molar refractivity (Wildman–Crippen MR) is 62.9 cm³/mol. The highest BCUT2D eigenvalue weighted by Crippen LogP contribution is 2.40. The van der Waals surface area contributed by atoms with Gasteiger partial charge in [0, 0.05) is 19.6 Å². The van der Waals surface area contributed by atoms with Crippen LogP contribution in [-0.2, 0) is 4.74 Å². The molecule has 88 valence electrons. The highest BCUT2D eigenvalue weighted by Gasteiger charge is 2.38. The van der Waals surface area contributed by atoms with Crippen LogP contribution in [-0.4, -0.2) is 37.2 Å². The Bertz CT molecular complexity index is 191. The molecule has 3 atom stereocenters. The number of rotatable bonds is 4. The third-order valence-electron chi connectivity index (χ3n) is 3.92. The molecule has 2 nitrogen and oxygen atoms in total. The van der Waals surface area contributed by atoms with Crippen molar-refractivity contribution in [1.82, 2.24) is 4.90 Å². The summed E-state index contributed by atoms with van der Waals surface area (Å²) in [5.41, 5.74) is 0. The Balaban J connectivity index is 1.66. The van der Waals surface area contributed by atoms with Gasteiger partial charge in [-0.15, -0.1) is 0 Å². The summed E-state index contributed by atoms with van der Waals surface area (Å²) in [6.45, 7) is 11.3. The van der Waals surface area contributed by atoms with Crippen molar-refractivity contribution < 1.29 is 4.74 Å². The predicted octanol–water partition coefficient (Wildman–Crippen LogP) is 2.39. The van der Waals surface area contributed by atoms with Crippen LogP contribution in [0.25, 0.3) is 0 Å². The maximum Gasteiger partial charge on any atom is 0.0596 e. The molecule has 15 heavy (non-hydrogen) atoms. The van der Waals surface area contributed by atoms with Crippen LogP contribution >= 0.6 is 0 Å². The minimum atomic E-state index is 0.382. The van der Waals surface area contributed by atoms with Crippen LogP contribution in [0.15, 0.2) is 0 Å². The van der Waals surface area contributed by atoms with Crippen molar-refractivity contribution in [2.45, 2.75) is 39.7 Å². The van der Waals surface area contributed by atoms with Gasteiger partial charge in [-0.1, -0.05) is 6.92 Å². The molecule has 0 unspecified atom stereocenters. The lowest BCUT2D eigenvalue weighted by Crippen LogP contribution is -2.27. The van der Waals surface area contributed by atoms with E-state index in [9.17, 15) is 0 Å². The van der Waals surface area contributed by atoms with Crippen molar-refractivity contribution in [1.29, 1.82) is 0 Å². The van der Waals surface area contributed by atoms with E-state index in [-0.39, 0.29) is 0 Å². The second-order valence-corrected chi connectivity index (χ2v) is 5.78. The van der Waals surface area contributed by atoms with Crippen molar-refractivity contribution in [2.75, 3.05) is 26.2 Å². The smallest absolute Gasteiger partial charge is 0.0596 e. The van der Waals surface area contributed by atoms with E-state index >= 15 is 0 Å². The molecule has 1 saturated carbocycles.